The van der Waals surface area contributed by atoms with Crippen molar-refractivity contribution in [2.24, 2.45) is 0 Å². The lowest BCUT2D eigenvalue weighted by atomic mass is 10.3. The molecule has 0 saturated heterocycles. The van der Waals surface area contributed by atoms with Gasteiger partial charge >= 0.3 is 0 Å². The highest BCUT2D eigenvalue weighted by Crippen LogP contribution is 2.28. The molecule has 0 atom stereocenters. The monoisotopic (exact) mass is 227 g/mol. The lowest BCUT2D eigenvalue weighted by molar-refractivity contribution is 1.26. The van der Waals surface area contributed by atoms with Gasteiger partial charge < -0.3 is 4.98 Å². The van der Waals surface area contributed by atoms with Crippen molar-refractivity contribution in [3.63, 3.8) is 0 Å². The van der Waals surface area contributed by atoms with Gasteiger partial charge in [0.05, 0.1) is 17.4 Å². The fourth-order valence-electron chi connectivity index (χ4n) is 1.52. The van der Waals surface area contributed by atoms with Crippen molar-refractivity contribution in [3.05, 3.63) is 49.1 Å². The summed E-state index contributed by atoms with van der Waals surface area (Å²) in [6.07, 6.45) is 5.32. The van der Waals surface area contributed by atoms with Gasteiger partial charge in [-0.25, -0.2) is 4.98 Å². The number of aromatic amines is 1. The van der Waals surface area contributed by atoms with Crippen LogP contribution < -0.4 is 0 Å². The molecule has 0 aliphatic carbocycles. The Hall–Kier alpha value is -1.81. The molecule has 1 aromatic carbocycles. The van der Waals surface area contributed by atoms with Crippen molar-refractivity contribution in [2.75, 3.05) is 0 Å². The molecule has 3 nitrogen and oxygen atoms in total. The van der Waals surface area contributed by atoms with Crippen LogP contribution in [0.3, 0.4) is 0 Å². The Morgan fingerprint density at radius 3 is 2.75 bits per heavy atom. The molecular weight excluding hydrogens is 218 g/mol. The van der Waals surface area contributed by atoms with Crippen molar-refractivity contribution >= 4 is 22.8 Å². The van der Waals surface area contributed by atoms with E-state index >= 15 is 0 Å². The lowest BCUT2D eigenvalue weighted by Gasteiger charge is -2.00. The molecule has 3 aromatic rings. The molecule has 0 unspecified atom stereocenters. The van der Waals surface area contributed by atoms with Crippen molar-refractivity contribution in [1.82, 2.24) is 15.0 Å². The van der Waals surface area contributed by atoms with Gasteiger partial charge in [0.15, 0.2) is 0 Å². The summed E-state index contributed by atoms with van der Waals surface area (Å²) >= 11 is 1.72. The smallest absolute Gasteiger partial charge is 0.0931 e. The Kier molecular flexibility index (Phi) is 2.34. The third-order valence-corrected chi connectivity index (χ3v) is 3.27. The molecule has 0 fully saturated rings. The molecule has 0 spiro atoms. The number of nitrogens with one attached hydrogen (secondary N) is 1. The van der Waals surface area contributed by atoms with Gasteiger partial charge in [-0.05, 0) is 30.3 Å². The van der Waals surface area contributed by atoms with E-state index in [2.05, 4.69) is 27.1 Å². The van der Waals surface area contributed by atoms with Gasteiger partial charge in [0.2, 0.25) is 0 Å². The second-order valence-corrected chi connectivity index (χ2v) is 4.51. The first-order valence-corrected chi connectivity index (χ1v) is 5.74. The molecule has 2 aromatic heterocycles. The molecule has 0 aliphatic rings. The minimum absolute atomic E-state index is 0.999. The predicted molar refractivity (Wildman–Crippen MR) is 64.5 cm³/mol. The minimum atomic E-state index is 0.999. The Morgan fingerprint density at radius 2 is 1.88 bits per heavy atom. The van der Waals surface area contributed by atoms with E-state index in [9.17, 15) is 0 Å². The number of rotatable bonds is 2. The summed E-state index contributed by atoms with van der Waals surface area (Å²) < 4.78 is 0. The van der Waals surface area contributed by atoms with E-state index < -0.39 is 0 Å². The van der Waals surface area contributed by atoms with Crippen LogP contribution >= 0.6 is 11.8 Å². The number of aromatic nitrogens is 3. The second kappa shape index (κ2) is 3.98. The Morgan fingerprint density at radius 1 is 1.00 bits per heavy atom. The number of H-pyrrole nitrogens is 1. The summed E-state index contributed by atoms with van der Waals surface area (Å²) in [7, 11) is 0. The van der Waals surface area contributed by atoms with E-state index in [0.29, 0.717) is 0 Å². The molecule has 16 heavy (non-hydrogen) atoms. The van der Waals surface area contributed by atoms with Crippen LogP contribution in [0.15, 0.2) is 58.8 Å². The number of fused-ring (bicyclic) bond motifs is 1. The maximum Gasteiger partial charge on any atom is 0.0931 e. The van der Waals surface area contributed by atoms with Crippen molar-refractivity contribution in [3.8, 4) is 0 Å². The summed E-state index contributed by atoms with van der Waals surface area (Å²) in [5, 5.41) is 0. The number of benzene rings is 1. The van der Waals surface area contributed by atoms with Gasteiger partial charge in [0, 0.05) is 22.2 Å². The van der Waals surface area contributed by atoms with Gasteiger partial charge in [-0.1, -0.05) is 11.8 Å². The standard InChI is InChI=1S/C12H9N3S/c1-2-11-12(15-8-14-11)7-10(1)16-9-3-5-13-6-4-9/h1-8H,(H,14,15). The average molecular weight is 227 g/mol. The van der Waals surface area contributed by atoms with Crippen LogP contribution in [0.4, 0.5) is 0 Å². The Bertz CT molecular complexity index is 604. The van der Waals surface area contributed by atoms with Crippen LogP contribution in [0.2, 0.25) is 0 Å². The Balaban J connectivity index is 1.94. The van der Waals surface area contributed by atoms with Crippen LogP contribution in [0.5, 0.6) is 0 Å². The van der Waals surface area contributed by atoms with E-state index in [1.165, 1.54) is 9.79 Å². The van der Waals surface area contributed by atoms with Crippen molar-refractivity contribution in [1.29, 1.82) is 0 Å². The maximum absolute atomic E-state index is 4.19. The zero-order valence-electron chi connectivity index (χ0n) is 8.42. The summed E-state index contributed by atoms with van der Waals surface area (Å²) in [5.41, 5.74) is 2.07. The molecule has 3 rings (SSSR count). The van der Waals surface area contributed by atoms with Gasteiger partial charge in [-0.3, -0.25) is 4.98 Å². The Labute approximate surface area is 96.9 Å². The molecule has 4 heteroatoms. The fraction of sp³-hybridized carbons (Fsp3) is 0. The summed E-state index contributed by atoms with van der Waals surface area (Å²) in [5.74, 6) is 0. The molecular formula is C12H9N3S. The number of hydrogen-bond donors (Lipinski definition) is 1. The molecule has 2 heterocycles. The maximum atomic E-state index is 4.19. The second-order valence-electron chi connectivity index (χ2n) is 3.37. The highest BCUT2D eigenvalue weighted by molar-refractivity contribution is 7.99. The quantitative estimate of drug-likeness (QED) is 0.731. The zero-order valence-corrected chi connectivity index (χ0v) is 9.24. The third kappa shape index (κ3) is 1.79. The van der Waals surface area contributed by atoms with E-state index in [4.69, 9.17) is 0 Å². The first-order chi connectivity index (χ1) is 7.92. The van der Waals surface area contributed by atoms with Gasteiger partial charge in [-0.15, -0.1) is 0 Å². The van der Waals surface area contributed by atoms with Crippen LogP contribution in [-0.4, -0.2) is 15.0 Å². The first kappa shape index (κ1) is 9.42. The largest absolute Gasteiger partial charge is 0.345 e. The molecule has 0 aliphatic heterocycles. The third-order valence-electron chi connectivity index (χ3n) is 2.28. The number of hydrogen-bond acceptors (Lipinski definition) is 3. The molecule has 0 bridgehead atoms. The van der Waals surface area contributed by atoms with Crippen molar-refractivity contribution in [2.45, 2.75) is 9.79 Å². The summed E-state index contributed by atoms with van der Waals surface area (Å²) in [6.45, 7) is 0. The van der Waals surface area contributed by atoms with Gasteiger partial charge in [0.1, 0.15) is 0 Å². The first-order valence-electron chi connectivity index (χ1n) is 4.93. The zero-order chi connectivity index (χ0) is 10.8. The van der Waals surface area contributed by atoms with Crippen LogP contribution in [-0.2, 0) is 0 Å². The highest BCUT2D eigenvalue weighted by Gasteiger charge is 2.00. The number of nitrogens with zero attached hydrogens (tertiary/aromatic N) is 2. The van der Waals surface area contributed by atoms with Crippen LogP contribution in [0.1, 0.15) is 0 Å². The predicted octanol–water partition coefficient (Wildman–Crippen LogP) is 3.11. The minimum Gasteiger partial charge on any atom is -0.345 e. The fourth-order valence-corrected chi connectivity index (χ4v) is 2.36. The van der Waals surface area contributed by atoms with E-state index in [0.717, 1.165) is 11.0 Å². The van der Waals surface area contributed by atoms with Crippen LogP contribution in [0, 0.1) is 0 Å². The molecule has 78 valence electrons. The average Bonchev–Trinajstić information content (AvgIpc) is 2.77. The number of pyridine rings is 1. The van der Waals surface area contributed by atoms with E-state index in [1.54, 1.807) is 30.5 Å². The van der Waals surface area contributed by atoms with E-state index in [-0.39, 0.29) is 0 Å². The van der Waals surface area contributed by atoms with Gasteiger partial charge in [0.25, 0.3) is 0 Å². The SMILES string of the molecule is c1cc(Sc2ccc3nc[nH]c3c2)ccn1. The van der Waals surface area contributed by atoms with Gasteiger partial charge in [-0.2, -0.15) is 0 Å². The summed E-state index contributed by atoms with van der Waals surface area (Å²) in [4.78, 5) is 13.7. The van der Waals surface area contributed by atoms with Crippen LogP contribution in [0.25, 0.3) is 11.0 Å². The topological polar surface area (TPSA) is 41.6 Å². The number of imidazole rings is 1. The summed E-state index contributed by atoms with van der Waals surface area (Å²) in [6, 6.07) is 10.2. The molecule has 1 N–H and O–H groups in total. The van der Waals surface area contributed by atoms with E-state index in [1.807, 2.05) is 18.2 Å². The highest BCUT2D eigenvalue weighted by atomic mass is 32.2. The molecule has 0 saturated carbocycles. The molecule has 0 amide bonds. The lowest BCUT2D eigenvalue weighted by Crippen LogP contribution is -1.75. The molecule has 0 radical (unpaired) electrons. The normalized spacial score (nSPS) is 10.8. The van der Waals surface area contributed by atoms with Crippen molar-refractivity contribution < 1.29 is 0 Å².